The van der Waals surface area contributed by atoms with Gasteiger partial charge in [0.05, 0.1) is 0 Å². The second kappa shape index (κ2) is 8.53. The first-order valence-corrected chi connectivity index (χ1v) is 10.9. The monoisotopic (exact) mass is 418 g/mol. The van der Waals surface area contributed by atoms with Crippen molar-refractivity contribution in [2.24, 2.45) is 10.9 Å². The zero-order valence-electron chi connectivity index (χ0n) is 18.5. The van der Waals surface area contributed by atoms with E-state index in [1.54, 1.807) is 4.90 Å². The number of hydrogen-bond donors (Lipinski definition) is 1. The number of benzene rings is 2. The highest BCUT2D eigenvalue weighted by Gasteiger charge is 2.49. The molecule has 0 radical (unpaired) electrons. The molecule has 0 aromatic heterocycles. The van der Waals surface area contributed by atoms with Crippen LogP contribution in [0.5, 0.6) is 0 Å². The van der Waals surface area contributed by atoms with Crippen LogP contribution in [0.2, 0.25) is 0 Å². The summed E-state index contributed by atoms with van der Waals surface area (Å²) < 4.78 is 0. The topological polar surface area (TPSA) is 65.0 Å². The van der Waals surface area contributed by atoms with Gasteiger partial charge in [-0.25, -0.2) is 0 Å². The molecular formula is C25H30N4O2. The van der Waals surface area contributed by atoms with Crippen molar-refractivity contribution in [1.82, 2.24) is 4.90 Å². The van der Waals surface area contributed by atoms with Crippen LogP contribution in [0.3, 0.4) is 0 Å². The average molecular weight is 419 g/mol. The molecule has 0 bridgehead atoms. The van der Waals surface area contributed by atoms with Crippen molar-refractivity contribution in [3.63, 3.8) is 0 Å². The van der Waals surface area contributed by atoms with Crippen molar-refractivity contribution in [1.29, 1.82) is 0 Å². The Labute approximate surface area is 184 Å². The molecule has 1 spiro atoms. The third-order valence-corrected chi connectivity index (χ3v) is 6.36. The number of hydrogen-bond acceptors (Lipinski definition) is 4. The van der Waals surface area contributed by atoms with Crippen LogP contribution in [-0.4, -0.2) is 48.7 Å². The maximum Gasteiger partial charge on any atom is 0.275 e. The lowest BCUT2D eigenvalue weighted by molar-refractivity contribution is -0.134. The van der Waals surface area contributed by atoms with Crippen molar-refractivity contribution >= 4 is 28.9 Å². The molecule has 0 saturated heterocycles. The molecule has 6 heteroatoms. The second-order valence-electron chi connectivity index (χ2n) is 8.87. The van der Waals surface area contributed by atoms with Gasteiger partial charge in [-0.05, 0) is 55.9 Å². The van der Waals surface area contributed by atoms with E-state index in [4.69, 9.17) is 4.99 Å². The largest absolute Gasteiger partial charge is 0.378 e. The molecular weight excluding hydrogens is 388 g/mol. The molecule has 1 saturated carbocycles. The van der Waals surface area contributed by atoms with Gasteiger partial charge in [0.15, 0.2) is 0 Å². The van der Waals surface area contributed by atoms with Gasteiger partial charge in [-0.2, -0.15) is 0 Å². The van der Waals surface area contributed by atoms with Gasteiger partial charge in [-0.15, -0.1) is 0 Å². The van der Waals surface area contributed by atoms with Gasteiger partial charge in [-0.3, -0.25) is 14.6 Å². The summed E-state index contributed by atoms with van der Waals surface area (Å²) in [5.41, 5.74) is 2.45. The van der Waals surface area contributed by atoms with Crippen molar-refractivity contribution in [2.45, 2.75) is 38.3 Å². The Morgan fingerprint density at radius 3 is 2.35 bits per heavy atom. The van der Waals surface area contributed by atoms with Gasteiger partial charge < -0.3 is 15.1 Å². The zero-order valence-corrected chi connectivity index (χ0v) is 18.5. The van der Waals surface area contributed by atoms with Crippen molar-refractivity contribution in [2.75, 3.05) is 30.9 Å². The van der Waals surface area contributed by atoms with E-state index in [9.17, 15) is 9.59 Å². The van der Waals surface area contributed by atoms with E-state index in [0.29, 0.717) is 11.6 Å². The zero-order chi connectivity index (χ0) is 22.0. The van der Waals surface area contributed by atoms with Crippen LogP contribution in [-0.2, 0) is 9.59 Å². The molecule has 162 valence electrons. The third kappa shape index (κ3) is 4.33. The van der Waals surface area contributed by atoms with Crippen LogP contribution in [0.15, 0.2) is 59.6 Å². The number of nitrogens with zero attached hydrogens (tertiary/aromatic N) is 3. The van der Waals surface area contributed by atoms with E-state index in [0.717, 1.165) is 42.6 Å². The maximum atomic E-state index is 13.4. The Kier molecular flexibility index (Phi) is 5.81. The number of nitrogens with one attached hydrogen (secondary N) is 1. The van der Waals surface area contributed by atoms with Gasteiger partial charge in [0, 0.05) is 31.0 Å². The van der Waals surface area contributed by atoms with Crippen molar-refractivity contribution in [3.05, 3.63) is 60.2 Å². The fraction of sp³-hybridized carbons (Fsp3) is 0.400. The van der Waals surface area contributed by atoms with Crippen LogP contribution in [0.25, 0.3) is 0 Å². The first kappa shape index (κ1) is 21.1. The number of carbonyl (C=O) groups is 2. The number of anilines is 2. The number of aliphatic imine (C=N–C) groups is 1. The molecule has 1 aliphatic carbocycles. The Hall–Kier alpha value is -3.15. The summed E-state index contributed by atoms with van der Waals surface area (Å²) in [5.74, 6) is 0.259. The minimum atomic E-state index is -0.610. The highest BCUT2D eigenvalue weighted by molar-refractivity contribution is 6.47. The lowest BCUT2D eigenvalue weighted by atomic mass is 9.82. The van der Waals surface area contributed by atoms with Crippen LogP contribution < -0.4 is 10.2 Å². The fourth-order valence-corrected chi connectivity index (χ4v) is 4.43. The normalized spacial score (nSPS) is 23.1. The Morgan fingerprint density at radius 1 is 1.10 bits per heavy atom. The number of rotatable bonds is 5. The predicted molar refractivity (Wildman–Crippen MR) is 124 cm³/mol. The quantitative estimate of drug-likeness (QED) is 0.800. The predicted octanol–water partition coefficient (Wildman–Crippen LogP) is 3.93. The molecule has 2 aromatic rings. The first-order chi connectivity index (χ1) is 14.9. The van der Waals surface area contributed by atoms with Gasteiger partial charge in [-0.1, -0.05) is 37.3 Å². The molecule has 4 rings (SSSR count). The highest BCUT2D eigenvalue weighted by Crippen LogP contribution is 2.41. The second-order valence-corrected chi connectivity index (χ2v) is 8.87. The summed E-state index contributed by atoms with van der Waals surface area (Å²) in [4.78, 5) is 34.9. The van der Waals surface area contributed by atoms with Gasteiger partial charge in [0.2, 0.25) is 5.91 Å². The highest BCUT2D eigenvalue weighted by atomic mass is 16.2. The number of amides is 2. The molecule has 0 atom stereocenters. The van der Waals surface area contributed by atoms with E-state index in [1.807, 2.05) is 73.6 Å². The Bertz CT molecular complexity index is 974. The van der Waals surface area contributed by atoms with Crippen LogP contribution in [0.1, 0.15) is 38.2 Å². The Morgan fingerprint density at radius 2 is 1.74 bits per heavy atom. The van der Waals surface area contributed by atoms with Gasteiger partial charge >= 0.3 is 0 Å². The molecule has 2 aromatic carbocycles. The molecule has 2 aliphatic rings. The van der Waals surface area contributed by atoms with Gasteiger partial charge in [0.25, 0.3) is 5.91 Å². The van der Waals surface area contributed by atoms with E-state index >= 15 is 0 Å². The fourth-order valence-electron chi connectivity index (χ4n) is 4.43. The molecule has 31 heavy (non-hydrogen) atoms. The summed E-state index contributed by atoms with van der Waals surface area (Å²) >= 11 is 0. The molecule has 1 aliphatic heterocycles. The van der Waals surface area contributed by atoms with Crippen LogP contribution >= 0.6 is 0 Å². The van der Waals surface area contributed by atoms with Crippen molar-refractivity contribution < 1.29 is 9.59 Å². The summed E-state index contributed by atoms with van der Waals surface area (Å²) in [6.07, 6.45) is 3.59. The molecule has 1 heterocycles. The SMILES string of the molecule is CC1CCC2(CC1)N=C(c1ccccc1)C(=O)N2CC(=O)Nc1ccc(N(C)C)cc1. The molecule has 0 unspecified atom stereocenters. The standard InChI is InChI=1S/C25H30N4O2/c1-18-13-15-25(16-14-18)27-23(19-7-5-4-6-8-19)24(31)29(25)17-22(30)26-20-9-11-21(12-10-20)28(2)3/h4-12,18H,13-17H2,1-3H3,(H,26,30). The Balaban J connectivity index is 1.54. The van der Waals surface area contributed by atoms with E-state index in [1.165, 1.54) is 0 Å². The van der Waals surface area contributed by atoms with E-state index < -0.39 is 5.66 Å². The summed E-state index contributed by atoms with van der Waals surface area (Å²) in [6.45, 7) is 2.24. The summed E-state index contributed by atoms with van der Waals surface area (Å²) in [7, 11) is 3.95. The minimum Gasteiger partial charge on any atom is -0.378 e. The van der Waals surface area contributed by atoms with Crippen molar-refractivity contribution in [3.8, 4) is 0 Å². The number of carbonyl (C=O) groups excluding carboxylic acids is 2. The third-order valence-electron chi connectivity index (χ3n) is 6.36. The van der Waals surface area contributed by atoms with E-state index in [2.05, 4.69) is 12.2 Å². The minimum absolute atomic E-state index is 0.00246. The lowest BCUT2D eigenvalue weighted by Gasteiger charge is -2.40. The molecule has 1 fully saturated rings. The maximum absolute atomic E-state index is 13.4. The average Bonchev–Trinajstić information content (AvgIpc) is 3.03. The van der Waals surface area contributed by atoms with Crippen LogP contribution in [0.4, 0.5) is 11.4 Å². The lowest BCUT2D eigenvalue weighted by Crippen LogP contribution is -2.51. The van der Waals surface area contributed by atoms with Crippen LogP contribution in [0, 0.1) is 5.92 Å². The summed E-state index contributed by atoms with van der Waals surface area (Å²) in [6, 6.07) is 17.2. The summed E-state index contributed by atoms with van der Waals surface area (Å²) in [5, 5.41) is 2.94. The molecule has 2 amide bonds. The molecule has 1 N–H and O–H groups in total. The smallest absolute Gasteiger partial charge is 0.275 e. The first-order valence-electron chi connectivity index (χ1n) is 10.9. The van der Waals surface area contributed by atoms with E-state index in [-0.39, 0.29) is 18.4 Å². The van der Waals surface area contributed by atoms with Gasteiger partial charge in [0.1, 0.15) is 17.9 Å². The molecule has 6 nitrogen and oxygen atoms in total.